The van der Waals surface area contributed by atoms with E-state index in [0.717, 1.165) is 25.8 Å². The van der Waals surface area contributed by atoms with Gasteiger partial charge in [0.25, 0.3) is 11.5 Å². The van der Waals surface area contributed by atoms with E-state index in [4.69, 9.17) is 0 Å². The fourth-order valence-electron chi connectivity index (χ4n) is 5.89. The summed E-state index contributed by atoms with van der Waals surface area (Å²) in [6, 6.07) is 17.4. The zero-order valence-electron chi connectivity index (χ0n) is 21.8. The van der Waals surface area contributed by atoms with Crippen LogP contribution in [-0.2, 0) is 13.0 Å². The number of benzene rings is 2. The number of amides is 1. The molecule has 0 bridgehead atoms. The lowest BCUT2D eigenvalue weighted by Crippen LogP contribution is -2.31. The number of hydrogen-bond donors (Lipinski definition) is 1. The Labute approximate surface area is 222 Å². The van der Waals surface area contributed by atoms with Gasteiger partial charge in [0.15, 0.2) is 0 Å². The first-order chi connectivity index (χ1) is 18.6. The quantitative estimate of drug-likeness (QED) is 0.416. The lowest BCUT2D eigenvalue weighted by atomic mass is 9.86. The molecule has 38 heavy (non-hydrogen) atoms. The minimum atomic E-state index is -0.227. The van der Waals surface area contributed by atoms with Gasteiger partial charge < -0.3 is 5.32 Å². The maximum atomic E-state index is 13.2. The molecule has 1 amide bonds. The van der Waals surface area contributed by atoms with Gasteiger partial charge >= 0.3 is 0 Å². The van der Waals surface area contributed by atoms with Crippen LogP contribution in [0.3, 0.4) is 0 Å². The monoisotopic (exact) mass is 507 g/mol. The number of aryl methyl sites for hydroxylation is 2. The van der Waals surface area contributed by atoms with Gasteiger partial charge in [0.1, 0.15) is 0 Å². The number of hydrogen-bond acceptors (Lipinski definition) is 5. The molecule has 7 heteroatoms. The van der Waals surface area contributed by atoms with Gasteiger partial charge in [-0.3, -0.25) is 19.5 Å². The van der Waals surface area contributed by atoms with Crippen molar-refractivity contribution in [2.75, 3.05) is 13.1 Å². The van der Waals surface area contributed by atoms with Crippen LogP contribution in [0.2, 0.25) is 0 Å². The molecule has 2 aliphatic rings. The first-order valence-corrected chi connectivity index (χ1v) is 13.7. The third-order valence-electron chi connectivity index (χ3n) is 7.88. The van der Waals surface area contributed by atoms with Gasteiger partial charge in [0, 0.05) is 18.3 Å². The smallest absolute Gasteiger partial charge is 0.280 e. The SMILES string of the molecule is Cc1nn(-c2ccc(C(=O)N[C@@H]3CCCc4cc(CN5CCCCC5)ccc43)cc2)c(=O)c2cccnc12. The van der Waals surface area contributed by atoms with E-state index >= 15 is 0 Å². The van der Waals surface area contributed by atoms with Crippen molar-refractivity contribution >= 4 is 16.8 Å². The zero-order chi connectivity index (χ0) is 26.1. The van der Waals surface area contributed by atoms with E-state index in [1.807, 2.05) is 6.92 Å². The fourth-order valence-corrected chi connectivity index (χ4v) is 5.89. The highest BCUT2D eigenvalue weighted by atomic mass is 16.1. The molecule has 0 unspecified atom stereocenters. The number of nitrogens with one attached hydrogen (secondary N) is 1. The molecule has 1 aliphatic heterocycles. The van der Waals surface area contributed by atoms with Gasteiger partial charge in [-0.2, -0.15) is 9.78 Å². The third kappa shape index (κ3) is 4.86. The molecule has 0 radical (unpaired) electrons. The van der Waals surface area contributed by atoms with Crippen LogP contribution in [0.4, 0.5) is 0 Å². The molecule has 1 N–H and O–H groups in total. The number of rotatable bonds is 5. The second kappa shape index (κ2) is 10.5. The summed E-state index contributed by atoms with van der Waals surface area (Å²) in [4.78, 5) is 33.0. The van der Waals surface area contributed by atoms with Gasteiger partial charge in [-0.25, -0.2) is 0 Å². The molecule has 4 aromatic rings. The number of pyridine rings is 1. The van der Waals surface area contributed by atoms with E-state index in [0.29, 0.717) is 27.8 Å². The summed E-state index contributed by atoms with van der Waals surface area (Å²) in [7, 11) is 0. The summed E-state index contributed by atoms with van der Waals surface area (Å²) in [5.74, 6) is -0.106. The first-order valence-electron chi connectivity index (χ1n) is 13.7. The molecule has 3 heterocycles. The zero-order valence-corrected chi connectivity index (χ0v) is 21.8. The van der Waals surface area contributed by atoms with E-state index in [9.17, 15) is 9.59 Å². The average molecular weight is 508 g/mol. The number of piperidine rings is 1. The number of nitrogens with zero attached hydrogens (tertiary/aromatic N) is 4. The molecular formula is C31H33N5O2. The number of fused-ring (bicyclic) bond motifs is 2. The van der Waals surface area contributed by atoms with Crippen molar-refractivity contribution in [3.8, 4) is 5.69 Å². The highest BCUT2D eigenvalue weighted by Crippen LogP contribution is 2.31. The highest BCUT2D eigenvalue weighted by molar-refractivity contribution is 5.94. The van der Waals surface area contributed by atoms with Gasteiger partial charge in [-0.15, -0.1) is 0 Å². The van der Waals surface area contributed by atoms with Gasteiger partial charge in [0.2, 0.25) is 0 Å². The maximum Gasteiger partial charge on any atom is 0.280 e. The largest absolute Gasteiger partial charge is 0.345 e. The number of aromatic nitrogens is 3. The Morgan fingerprint density at radius 1 is 1.03 bits per heavy atom. The fraction of sp³-hybridized carbons (Fsp3) is 0.355. The maximum absolute atomic E-state index is 13.2. The molecule has 1 atom stereocenters. The van der Waals surface area contributed by atoms with Crippen LogP contribution >= 0.6 is 0 Å². The lowest BCUT2D eigenvalue weighted by Gasteiger charge is -2.29. The molecule has 1 saturated heterocycles. The van der Waals surface area contributed by atoms with Crippen LogP contribution in [0.5, 0.6) is 0 Å². The minimum Gasteiger partial charge on any atom is -0.345 e. The summed E-state index contributed by atoms with van der Waals surface area (Å²) >= 11 is 0. The Morgan fingerprint density at radius 2 is 1.84 bits per heavy atom. The van der Waals surface area contributed by atoms with E-state index in [2.05, 4.69) is 38.5 Å². The summed E-state index contributed by atoms with van der Waals surface area (Å²) in [6.45, 7) is 5.24. The first kappa shape index (κ1) is 24.5. The van der Waals surface area contributed by atoms with Gasteiger partial charge in [-0.05, 0) is 105 Å². The molecule has 2 aromatic heterocycles. The summed E-state index contributed by atoms with van der Waals surface area (Å²) in [5.41, 5.74) is 6.21. The second-order valence-electron chi connectivity index (χ2n) is 10.5. The second-order valence-corrected chi connectivity index (χ2v) is 10.5. The van der Waals surface area contributed by atoms with Crippen LogP contribution in [0.1, 0.15) is 70.9 Å². The third-order valence-corrected chi connectivity index (χ3v) is 7.88. The minimum absolute atomic E-state index is 0.00915. The molecule has 1 fully saturated rings. The molecule has 194 valence electrons. The van der Waals surface area contributed by atoms with Crippen LogP contribution in [0.25, 0.3) is 16.6 Å². The highest BCUT2D eigenvalue weighted by Gasteiger charge is 2.23. The normalized spacial score (nSPS) is 17.8. The Balaban J connectivity index is 1.18. The van der Waals surface area contributed by atoms with E-state index in [-0.39, 0.29) is 17.5 Å². The standard InChI is InChI=1S/C31H33N5O2/c1-21-29-27(8-6-16-32-29)31(38)36(34-21)25-13-11-23(12-14-25)30(37)33-28-9-5-7-24-19-22(10-15-26(24)28)20-35-17-3-2-4-18-35/h6,8,10-16,19,28H,2-5,7,9,17-18,20H2,1H3,(H,33,37)/t28-/m1/s1. The van der Waals surface area contributed by atoms with Crippen molar-refractivity contribution in [1.29, 1.82) is 0 Å². The topological polar surface area (TPSA) is 80.1 Å². The molecule has 1 aliphatic carbocycles. The summed E-state index contributed by atoms with van der Waals surface area (Å²) in [5, 5.41) is 8.23. The Bertz CT molecular complexity index is 1540. The molecule has 6 rings (SSSR count). The van der Waals surface area contributed by atoms with E-state index in [1.165, 1.54) is 53.7 Å². The number of likely N-dealkylation sites (tertiary alicyclic amines) is 1. The Kier molecular flexibility index (Phi) is 6.77. The van der Waals surface area contributed by atoms with Crippen molar-refractivity contribution in [2.24, 2.45) is 0 Å². The van der Waals surface area contributed by atoms with Gasteiger partial charge in [-0.1, -0.05) is 24.6 Å². The Hall–Kier alpha value is -3.84. The van der Waals surface area contributed by atoms with Crippen molar-refractivity contribution in [3.05, 3.63) is 99.1 Å². The number of carbonyl (C=O) groups is 1. The van der Waals surface area contributed by atoms with Crippen molar-refractivity contribution in [1.82, 2.24) is 25.0 Å². The van der Waals surface area contributed by atoms with E-state index < -0.39 is 0 Å². The Morgan fingerprint density at radius 3 is 2.66 bits per heavy atom. The predicted octanol–water partition coefficient (Wildman–Crippen LogP) is 4.88. The van der Waals surface area contributed by atoms with Crippen LogP contribution in [-0.4, -0.2) is 38.7 Å². The molecule has 0 saturated carbocycles. The van der Waals surface area contributed by atoms with Crippen molar-refractivity contribution < 1.29 is 4.79 Å². The van der Waals surface area contributed by atoms with Crippen LogP contribution in [0, 0.1) is 6.92 Å². The average Bonchev–Trinajstić information content (AvgIpc) is 2.96. The van der Waals surface area contributed by atoms with E-state index in [1.54, 1.807) is 42.6 Å². The summed E-state index contributed by atoms with van der Waals surface area (Å²) in [6.07, 6.45) is 8.67. The van der Waals surface area contributed by atoms with Crippen LogP contribution in [0.15, 0.2) is 65.6 Å². The van der Waals surface area contributed by atoms with Crippen molar-refractivity contribution in [2.45, 2.75) is 58.0 Å². The molecular weight excluding hydrogens is 474 g/mol. The molecule has 2 aromatic carbocycles. The number of carbonyl (C=O) groups excluding carboxylic acids is 1. The molecule has 7 nitrogen and oxygen atoms in total. The molecule has 0 spiro atoms. The summed E-state index contributed by atoms with van der Waals surface area (Å²) < 4.78 is 1.37. The predicted molar refractivity (Wildman–Crippen MR) is 149 cm³/mol. The van der Waals surface area contributed by atoms with Crippen LogP contribution < -0.4 is 10.9 Å². The van der Waals surface area contributed by atoms with Crippen molar-refractivity contribution in [3.63, 3.8) is 0 Å². The van der Waals surface area contributed by atoms with Gasteiger partial charge in [0.05, 0.1) is 28.3 Å². The lowest BCUT2D eigenvalue weighted by molar-refractivity contribution is 0.0932.